The summed E-state index contributed by atoms with van der Waals surface area (Å²) in [5.74, 6) is 1.47. The molecular formula is C53H77N7. The molecule has 0 spiro atoms. The van der Waals surface area contributed by atoms with Crippen molar-refractivity contribution in [3.05, 3.63) is 107 Å². The quantitative estimate of drug-likeness (QED) is 0.106. The predicted octanol–water partition coefficient (Wildman–Crippen LogP) is 10.7. The van der Waals surface area contributed by atoms with Crippen LogP contribution in [0.3, 0.4) is 0 Å². The Hall–Kier alpha value is -4.75. The minimum Gasteiger partial charge on any atom is -0.392 e. The zero-order valence-electron chi connectivity index (χ0n) is 39.2. The summed E-state index contributed by atoms with van der Waals surface area (Å²) in [5.41, 5.74) is 11.2. The van der Waals surface area contributed by atoms with Crippen molar-refractivity contribution in [2.24, 2.45) is 16.3 Å². The van der Waals surface area contributed by atoms with Gasteiger partial charge in [-0.3, -0.25) is 9.89 Å². The average molecular weight is 812 g/mol. The van der Waals surface area contributed by atoms with Crippen molar-refractivity contribution in [2.75, 3.05) is 68.6 Å². The van der Waals surface area contributed by atoms with E-state index in [1.165, 1.54) is 63.8 Å². The van der Waals surface area contributed by atoms with Gasteiger partial charge in [-0.2, -0.15) is 0 Å². The van der Waals surface area contributed by atoms with Crippen molar-refractivity contribution >= 4 is 52.9 Å². The number of aliphatic imine (C=N–C) groups is 1. The fourth-order valence-electron chi connectivity index (χ4n) is 9.48. The molecule has 3 aliphatic rings. The van der Waals surface area contributed by atoms with E-state index in [1.54, 1.807) is 0 Å². The van der Waals surface area contributed by atoms with Gasteiger partial charge in [0, 0.05) is 121 Å². The molecule has 0 amide bonds. The molecule has 6 rings (SSSR count). The Balaban J connectivity index is 0.000000230. The van der Waals surface area contributed by atoms with Gasteiger partial charge in [-0.1, -0.05) is 104 Å². The molecule has 1 aromatic heterocycles. The van der Waals surface area contributed by atoms with Gasteiger partial charge in [-0.15, -0.1) is 0 Å². The average Bonchev–Trinajstić information content (AvgIpc) is 3.46. The van der Waals surface area contributed by atoms with Crippen LogP contribution in [0.1, 0.15) is 105 Å². The number of piperazine rings is 1. The van der Waals surface area contributed by atoms with Gasteiger partial charge in [-0.05, 0) is 93.7 Å². The highest BCUT2D eigenvalue weighted by Gasteiger charge is 2.28. The molecule has 7 nitrogen and oxygen atoms in total. The molecule has 60 heavy (non-hydrogen) atoms. The maximum Gasteiger partial charge on any atom is 0.106 e. The second-order valence-corrected chi connectivity index (χ2v) is 18.8. The van der Waals surface area contributed by atoms with E-state index in [1.807, 2.05) is 7.05 Å². The first kappa shape index (κ1) is 46.3. The summed E-state index contributed by atoms with van der Waals surface area (Å²) < 4.78 is 2.35. The van der Waals surface area contributed by atoms with Crippen molar-refractivity contribution in [3.63, 3.8) is 0 Å². The third-order valence-corrected chi connectivity index (χ3v) is 12.7. The number of hydrogen-bond donors (Lipinski definition) is 1. The van der Waals surface area contributed by atoms with Crippen LogP contribution in [0.15, 0.2) is 95.8 Å². The number of fused-ring (bicyclic) bond motifs is 2. The summed E-state index contributed by atoms with van der Waals surface area (Å²) >= 11 is 0. The molecule has 3 aromatic rings. The molecule has 1 saturated heterocycles. The molecule has 2 aromatic carbocycles. The smallest absolute Gasteiger partial charge is 0.106 e. The van der Waals surface area contributed by atoms with Gasteiger partial charge in [0.15, 0.2) is 0 Å². The summed E-state index contributed by atoms with van der Waals surface area (Å²) in [6, 6.07) is 13.8. The second-order valence-electron chi connectivity index (χ2n) is 18.8. The van der Waals surface area contributed by atoms with Crippen LogP contribution in [-0.2, 0) is 0 Å². The van der Waals surface area contributed by atoms with Crippen LogP contribution in [-0.4, -0.2) is 75.2 Å². The lowest BCUT2D eigenvalue weighted by atomic mass is 9.87. The molecule has 3 heterocycles. The number of benzene rings is 2. The summed E-state index contributed by atoms with van der Waals surface area (Å²) in [5, 5.41) is 7.80. The van der Waals surface area contributed by atoms with E-state index >= 15 is 0 Å². The molecule has 324 valence electrons. The molecule has 2 fully saturated rings. The van der Waals surface area contributed by atoms with Crippen LogP contribution in [0.25, 0.3) is 30.0 Å². The minimum atomic E-state index is 0.276. The van der Waals surface area contributed by atoms with Crippen LogP contribution in [0.2, 0.25) is 0 Å². The van der Waals surface area contributed by atoms with Crippen molar-refractivity contribution in [1.29, 1.82) is 0 Å². The first-order chi connectivity index (χ1) is 28.4. The fraction of sp³-hybridized carbons (Fsp3) is 0.491. The van der Waals surface area contributed by atoms with Gasteiger partial charge >= 0.3 is 0 Å². The van der Waals surface area contributed by atoms with Gasteiger partial charge in [0.1, 0.15) is 5.84 Å². The number of nitrogens with zero attached hydrogens (tertiary/aromatic N) is 6. The van der Waals surface area contributed by atoms with Crippen molar-refractivity contribution in [3.8, 4) is 0 Å². The largest absolute Gasteiger partial charge is 0.392 e. The molecule has 7 heteroatoms. The summed E-state index contributed by atoms with van der Waals surface area (Å²) in [6.45, 7) is 47.3. The zero-order valence-corrected chi connectivity index (χ0v) is 39.2. The highest BCUT2D eigenvalue weighted by molar-refractivity contribution is 5.99. The van der Waals surface area contributed by atoms with E-state index in [0.29, 0.717) is 11.3 Å². The van der Waals surface area contributed by atoms with Crippen LogP contribution in [0.5, 0.6) is 0 Å². The number of aromatic nitrogens is 1. The van der Waals surface area contributed by atoms with E-state index in [9.17, 15) is 0 Å². The Bertz CT molecular complexity index is 2220. The Morgan fingerprint density at radius 3 is 2.28 bits per heavy atom. The lowest BCUT2D eigenvalue weighted by molar-refractivity contribution is 0.160. The first-order valence-electron chi connectivity index (χ1n) is 22.4. The number of nitrogens with one attached hydrogen (secondary N) is 1. The topological polar surface area (TPSA) is 42.3 Å². The molecule has 2 aliphatic heterocycles. The van der Waals surface area contributed by atoms with Gasteiger partial charge in [0.25, 0.3) is 0 Å². The highest BCUT2D eigenvalue weighted by Crippen LogP contribution is 2.38. The van der Waals surface area contributed by atoms with Gasteiger partial charge in [-0.25, -0.2) is 0 Å². The molecule has 1 unspecified atom stereocenters. The molecular weight excluding hydrogens is 735 g/mol. The lowest BCUT2D eigenvalue weighted by Crippen LogP contribution is -2.49. The second kappa shape index (κ2) is 19.8. The first-order valence-corrected chi connectivity index (χ1v) is 22.4. The van der Waals surface area contributed by atoms with Gasteiger partial charge in [0.2, 0.25) is 0 Å². The molecule has 1 aliphatic carbocycles. The maximum atomic E-state index is 4.85. The third-order valence-electron chi connectivity index (χ3n) is 12.7. The fourth-order valence-corrected chi connectivity index (χ4v) is 9.48. The van der Waals surface area contributed by atoms with Gasteiger partial charge < -0.3 is 24.6 Å². The maximum absolute atomic E-state index is 4.85. The van der Waals surface area contributed by atoms with Crippen LogP contribution in [0, 0.1) is 11.3 Å². The standard InChI is InChI=1S/C29H41N3.C24H36N4/c1-8-14-29(6,7)20-30-15-17-31(18-16-30)27-11-9-10-25-23(4)32(24(5)28(25)27)26-13-12-21(2)19-22(26)3;1-16(2)24(26-17(3)4)28(9)22-12-13-23-21(15-22)14-20(19(6)27(23)8)11-10-18(5)25-7/h9-11,26H,2-5,8,12-20H2,1,6-7H3;12-17,25H,5-6,10-11H2,1-4,7-9H3. The molecule has 1 saturated carbocycles. The number of hydrogen-bond acceptors (Lipinski definition) is 5. The Labute approximate surface area is 363 Å². The Kier molecular flexibility index (Phi) is 15.2. The normalized spacial score (nSPS) is 17.9. The molecule has 1 N–H and O–H groups in total. The third kappa shape index (κ3) is 10.6. The molecule has 1 atom stereocenters. The molecule has 0 radical (unpaired) electrons. The SMILES string of the molecule is C=C(CCC1=Cc2cc(N(C)C(=NC(C)C)C(C)C)ccc2N(C)C1=C)NC.C=C1CCC(n2c(=C)c3cccc(N4CCN(CC(C)(C)CCC)CC4)c3c2=C)C(=C)C1. The summed E-state index contributed by atoms with van der Waals surface area (Å²) in [6.07, 6.45) is 9.67. The van der Waals surface area contributed by atoms with E-state index in [-0.39, 0.29) is 12.1 Å². The lowest BCUT2D eigenvalue weighted by Gasteiger charge is -2.40. The zero-order chi connectivity index (χ0) is 44.1. The van der Waals surface area contributed by atoms with E-state index in [0.717, 1.165) is 91.9 Å². The minimum absolute atomic E-state index is 0.276. The molecule has 0 bridgehead atoms. The van der Waals surface area contributed by atoms with E-state index < -0.39 is 0 Å². The van der Waals surface area contributed by atoms with Gasteiger partial charge in [0.05, 0.1) is 6.04 Å². The van der Waals surface area contributed by atoms with E-state index in [4.69, 9.17) is 4.99 Å². The van der Waals surface area contributed by atoms with Crippen LogP contribution >= 0.6 is 0 Å². The number of rotatable bonds is 13. The van der Waals surface area contributed by atoms with E-state index in [2.05, 4.69) is 174 Å². The number of anilines is 3. The highest BCUT2D eigenvalue weighted by atomic mass is 15.3. The summed E-state index contributed by atoms with van der Waals surface area (Å²) in [4.78, 5) is 14.5. The van der Waals surface area contributed by atoms with Crippen LogP contribution in [0.4, 0.5) is 17.1 Å². The predicted molar refractivity (Wildman–Crippen MR) is 266 cm³/mol. The van der Waals surface area contributed by atoms with Crippen molar-refractivity contribution < 1.29 is 0 Å². The Morgan fingerprint density at radius 2 is 1.67 bits per heavy atom. The van der Waals surface area contributed by atoms with Crippen molar-refractivity contribution in [1.82, 2.24) is 14.8 Å². The number of likely N-dealkylation sites (N-methyl/N-ethyl adjacent to an activating group) is 1. The Morgan fingerprint density at radius 1 is 0.967 bits per heavy atom. The number of allylic oxidation sites excluding steroid dienone is 4. The van der Waals surface area contributed by atoms with Crippen LogP contribution < -0.4 is 30.7 Å². The monoisotopic (exact) mass is 812 g/mol. The summed E-state index contributed by atoms with van der Waals surface area (Å²) in [7, 11) is 6.11. The van der Waals surface area contributed by atoms with Crippen molar-refractivity contribution in [2.45, 2.75) is 105 Å². The number of amidine groups is 1.